The number of hydrogen-bond acceptors (Lipinski definition) is 6. The summed E-state index contributed by atoms with van der Waals surface area (Å²) < 4.78 is 1.51. The number of H-pyrrole nitrogens is 1. The number of thioether (sulfide) groups is 1. The number of thiophene rings is 1. The molecule has 0 saturated heterocycles. The van der Waals surface area contributed by atoms with Crippen LogP contribution in [0.1, 0.15) is 25.8 Å². The first-order chi connectivity index (χ1) is 10.6. The van der Waals surface area contributed by atoms with Gasteiger partial charge in [-0.1, -0.05) is 18.7 Å². The SMILES string of the molecule is CCCn1c(S[C@@H](C)C(=O)Nc2sccc2C#N)n[nH]c1=O. The number of anilines is 1. The van der Waals surface area contributed by atoms with Crippen molar-refractivity contribution in [3.8, 4) is 6.07 Å². The summed E-state index contributed by atoms with van der Waals surface area (Å²) in [5.41, 5.74) is 0.167. The first-order valence-electron chi connectivity index (χ1n) is 6.67. The van der Waals surface area contributed by atoms with E-state index in [2.05, 4.69) is 15.5 Å². The van der Waals surface area contributed by atoms with Gasteiger partial charge in [-0.25, -0.2) is 9.89 Å². The van der Waals surface area contributed by atoms with Gasteiger partial charge >= 0.3 is 5.69 Å². The number of nitriles is 1. The van der Waals surface area contributed by atoms with E-state index in [-0.39, 0.29) is 11.6 Å². The second-order valence-electron chi connectivity index (χ2n) is 4.49. The van der Waals surface area contributed by atoms with Gasteiger partial charge in [-0.2, -0.15) is 5.26 Å². The molecule has 0 aliphatic rings. The van der Waals surface area contributed by atoms with Crippen LogP contribution in [0.3, 0.4) is 0 Å². The van der Waals surface area contributed by atoms with Crippen LogP contribution in [-0.2, 0) is 11.3 Å². The van der Waals surface area contributed by atoms with Crippen molar-refractivity contribution >= 4 is 34.0 Å². The fourth-order valence-corrected chi connectivity index (χ4v) is 3.36. The molecule has 2 aromatic rings. The van der Waals surface area contributed by atoms with Gasteiger partial charge in [0.05, 0.1) is 10.8 Å². The van der Waals surface area contributed by atoms with Gasteiger partial charge in [0.2, 0.25) is 5.91 Å². The van der Waals surface area contributed by atoms with Crippen LogP contribution in [0.2, 0.25) is 0 Å². The monoisotopic (exact) mass is 337 g/mol. The number of nitrogens with one attached hydrogen (secondary N) is 2. The summed E-state index contributed by atoms with van der Waals surface area (Å²) in [6.45, 7) is 4.24. The molecule has 1 amide bonds. The molecule has 1 atom stereocenters. The van der Waals surface area contributed by atoms with Gasteiger partial charge in [-0.15, -0.1) is 16.4 Å². The molecular formula is C13H15N5O2S2. The maximum absolute atomic E-state index is 12.2. The summed E-state index contributed by atoms with van der Waals surface area (Å²) in [4.78, 5) is 23.8. The highest BCUT2D eigenvalue weighted by atomic mass is 32.2. The molecule has 0 unspecified atom stereocenters. The van der Waals surface area contributed by atoms with Crippen molar-refractivity contribution in [2.45, 2.75) is 37.2 Å². The largest absolute Gasteiger partial charge is 0.343 e. The van der Waals surface area contributed by atoms with E-state index >= 15 is 0 Å². The van der Waals surface area contributed by atoms with Crippen molar-refractivity contribution in [1.29, 1.82) is 5.26 Å². The van der Waals surface area contributed by atoms with Crippen LogP contribution in [0.5, 0.6) is 0 Å². The van der Waals surface area contributed by atoms with E-state index in [4.69, 9.17) is 5.26 Å². The average molecular weight is 337 g/mol. The molecule has 0 aromatic carbocycles. The third-order valence-corrected chi connectivity index (χ3v) is 4.76. The first-order valence-corrected chi connectivity index (χ1v) is 8.43. The minimum atomic E-state index is -0.445. The predicted molar refractivity (Wildman–Crippen MR) is 86.1 cm³/mol. The lowest BCUT2D eigenvalue weighted by molar-refractivity contribution is -0.115. The third-order valence-electron chi connectivity index (χ3n) is 2.84. The van der Waals surface area contributed by atoms with Crippen molar-refractivity contribution < 1.29 is 4.79 Å². The zero-order valence-electron chi connectivity index (χ0n) is 12.1. The zero-order valence-corrected chi connectivity index (χ0v) is 13.8. The van der Waals surface area contributed by atoms with E-state index in [1.54, 1.807) is 18.4 Å². The molecular weight excluding hydrogens is 322 g/mol. The van der Waals surface area contributed by atoms with Gasteiger partial charge in [0.1, 0.15) is 11.1 Å². The van der Waals surface area contributed by atoms with E-state index < -0.39 is 5.25 Å². The molecule has 2 rings (SSSR count). The van der Waals surface area contributed by atoms with Crippen molar-refractivity contribution in [1.82, 2.24) is 14.8 Å². The summed E-state index contributed by atoms with van der Waals surface area (Å²) in [6.07, 6.45) is 0.800. The molecule has 116 valence electrons. The lowest BCUT2D eigenvalue weighted by Gasteiger charge is -2.11. The highest BCUT2D eigenvalue weighted by Crippen LogP contribution is 2.25. The molecule has 2 N–H and O–H groups in total. The Hall–Kier alpha value is -2.05. The Balaban J connectivity index is 2.06. The van der Waals surface area contributed by atoms with E-state index in [0.29, 0.717) is 22.3 Å². The van der Waals surface area contributed by atoms with Crippen LogP contribution in [0, 0.1) is 11.3 Å². The maximum Gasteiger partial charge on any atom is 0.343 e. The lowest BCUT2D eigenvalue weighted by Crippen LogP contribution is -2.23. The van der Waals surface area contributed by atoms with Gasteiger partial charge in [0.25, 0.3) is 0 Å². The summed E-state index contributed by atoms with van der Waals surface area (Å²) >= 11 is 2.51. The highest BCUT2D eigenvalue weighted by Gasteiger charge is 2.20. The molecule has 2 aromatic heterocycles. The normalized spacial score (nSPS) is 11.9. The van der Waals surface area contributed by atoms with Gasteiger partial charge in [0.15, 0.2) is 5.16 Å². The number of aromatic nitrogens is 3. The van der Waals surface area contributed by atoms with E-state index in [0.717, 1.165) is 6.42 Å². The van der Waals surface area contributed by atoms with Crippen molar-refractivity contribution in [2.75, 3.05) is 5.32 Å². The highest BCUT2D eigenvalue weighted by molar-refractivity contribution is 8.00. The van der Waals surface area contributed by atoms with Crippen molar-refractivity contribution in [3.63, 3.8) is 0 Å². The van der Waals surface area contributed by atoms with Crippen LogP contribution in [-0.4, -0.2) is 25.9 Å². The Morgan fingerprint density at radius 2 is 2.45 bits per heavy atom. The van der Waals surface area contributed by atoms with Crippen LogP contribution < -0.4 is 11.0 Å². The van der Waals surface area contributed by atoms with E-state index in [1.165, 1.54) is 27.7 Å². The number of rotatable bonds is 6. The molecule has 22 heavy (non-hydrogen) atoms. The second-order valence-corrected chi connectivity index (χ2v) is 6.71. The number of nitrogens with zero attached hydrogens (tertiary/aromatic N) is 3. The predicted octanol–water partition coefficient (Wildman–Crippen LogP) is 2.03. The number of hydrogen-bond donors (Lipinski definition) is 2. The van der Waals surface area contributed by atoms with Gasteiger partial charge in [-0.05, 0) is 24.8 Å². The minimum Gasteiger partial charge on any atom is -0.316 e. The summed E-state index contributed by atoms with van der Waals surface area (Å²) in [5, 5.41) is 20.3. The lowest BCUT2D eigenvalue weighted by atomic mass is 10.3. The molecule has 0 aliphatic carbocycles. The molecule has 2 heterocycles. The molecule has 0 bridgehead atoms. The summed E-state index contributed by atoms with van der Waals surface area (Å²) in [6, 6.07) is 3.68. The molecule has 0 saturated carbocycles. The van der Waals surface area contributed by atoms with Gasteiger partial charge < -0.3 is 5.32 Å². The van der Waals surface area contributed by atoms with Crippen LogP contribution in [0.15, 0.2) is 21.4 Å². The Bertz CT molecular complexity index is 755. The molecule has 9 heteroatoms. The van der Waals surface area contributed by atoms with Gasteiger partial charge in [-0.3, -0.25) is 9.36 Å². The number of aromatic amines is 1. The maximum atomic E-state index is 12.2. The third kappa shape index (κ3) is 3.58. The second kappa shape index (κ2) is 7.29. The fraction of sp³-hybridized carbons (Fsp3) is 0.385. The zero-order chi connectivity index (χ0) is 16.1. The Kier molecular flexibility index (Phi) is 5.41. The minimum absolute atomic E-state index is 0.234. The molecule has 0 radical (unpaired) electrons. The van der Waals surface area contributed by atoms with Crippen molar-refractivity contribution in [2.24, 2.45) is 0 Å². The Labute approximate surface area is 135 Å². The number of carbonyl (C=O) groups is 1. The molecule has 7 nitrogen and oxygen atoms in total. The molecule has 0 spiro atoms. The van der Waals surface area contributed by atoms with Crippen molar-refractivity contribution in [3.05, 3.63) is 27.5 Å². The van der Waals surface area contributed by atoms with E-state index in [9.17, 15) is 9.59 Å². The molecule has 0 aliphatic heterocycles. The number of carbonyl (C=O) groups excluding carboxylic acids is 1. The summed E-state index contributed by atoms with van der Waals surface area (Å²) in [5.74, 6) is -0.234. The average Bonchev–Trinajstić information content (AvgIpc) is 3.08. The van der Waals surface area contributed by atoms with Crippen LogP contribution >= 0.6 is 23.1 Å². The smallest absolute Gasteiger partial charge is 0.316 e. The number of amides is 1. The van der Waals surface area contributed by atoms with Crippen LogP contribution in [0.4, 0.5) is 5.00 Å². The summed E-state index contributed by atoms with van der Waals surface area (Å²) in [7, 11) is 0. The first kappa shape index (κ1) is 16.3. The molecule has 0 fully saturated rings. The van der Waals surface area contributed by atoms with E-state index in [1.807, 2.05) is 13.0 Å². The van der Waals surface area contributed by atoms with Gasteiger partial charge in [0, 0.05) is 6.54 Å². The topological polar surface area (TPSA) is 104 Å². The Morgan fingerprint density at radius 1 is 1.68 bits per heavy atom. The standard InChI is InChI=1S/C13H15N5O2S2/c1-3-5-18-12(20)16-17-13(18)22-8(2)10(19)15-11-9(7-14)4-6-21-11/h4,6,8H,3,5H2,1-2H3,(H,15,19)(H,16,20)/t8-/m0/s1. The van der Waals surface area contributed by atoms with Crippen LogP contribution in [0.25, 0.3) is 0 Å². The fourth-order valence-electron chi connectivity index (χ4n) is 1.73. The Morgan fingerprint density at radius 3 is 3.14 bits per heavy atom. The quantitative estimate of drug-likeness (QED) is 0.785.